The van der Waals surface area contributed by atoms with Gasteiger partial charge in [-0.1, -0.05) is 6.08 Å². The molecule has 0 aromatic carbocycles. The van der Waals surface area contributed by atoms with Gasteiger partial charge in [-0.05, 0) is 12.8 Å². The van der Waals surface area contributed by atoms with E-state index < -0.39 is 11.7 Å². The summed E-state index contributed by atoms with van der Waals surface area (Å²) in [7, 11) is 0. The molecule has 3 rings (SSSR count). The lowest BCUT2D eigenvalue weighted by molar-refractivity contribution is -0.137. The van der Waals surface area contributed by atoms with E-state index in [0.717, 1.165) is 11.9 Å². The number of halogens is 3. The molecule has 1 atom stereocenters. The number of hydrogen-bond donors (Lipinski definition) is 0. The Bertz CT molecular complexity index is 578. The minimum absolute atomic E-state index is 0.0409. The highest BCUT2D eigenvalue weighted by atomic mass is 19.4. The molecule has 0 bridgehead atoms. The fourth-order valence-electron chi connectivity index (χ4n) is 2.84. The average Bonchev–Trinajstić information content (AvgIpc) is 2.93. The van der Waals surface area contributed by atoms with E-state index >= 15 is 0 Å². The zero-order valence-electron chi connectivity index (χ0n) is 11.3. The SMILES string of the molecule is O=C(C1CCc2nncn2C1)N1CC=C(C(F)(F)F)CC1. The topological polar surface area (TPSA) is 51.0 Å². The zero-order valence-corrected chi connectivity index (χ0v) is 11.3. The highest BCUT2D eigenvalue weighted by molar-refractivity contribution is 5.79. The molecule has 114 valence electrons. The van der Waals surface area contributed by atoms with Gasteiger partial charge in [-0.2, -0.15) is 13.2 Å². The standard InChI is InChI=1S/C13H15F3N4O/c14-13(15,16)10-3-5-19(6-4-10)12(21)9-1-2-11-18-17-8-20(11)7-9/h3,8-9H,1-2,4-7H2. The smallest absolute Gasteiger partial charge is 0.338 e. The molecule has 0 aliphatic carbocycles. The quantitative estimate of drug-likeness (QED) is 0.740. The Morgan fingerprint density at radius 2 is 2.14 bits per heavy atom. The lowest BCUT2D eigenvalue weighted by Gasteiger charge is -2.32. The summed E-state index contributed by atoms with van der Waals surface area (Å²) in [6.45, 7) is 0.683. The number of amides is 1. The zero-order chi connectivity index (χ0) is 15.0. The van der Waals surface area contributed by atoms with E-state index in [9.17, 15) is 18.0 Å². The number of carbonyl (C=O) groups is 1. The van der Waals surface area contributed by atoms with Crippen LogP contribution in [0.25, 0.3) is 0 Å². The first kappa shape index (κ1) is 14.1. The largest absolute Gasteiger partial charge is 0.412 e. The molecule has 2 aliphatic rings. The molecule has 0 saturated carbocycles. The highest BCUT2D eigenvalue weighted by Gasteiger charge is 2.36. The summed E-state index contributed by atoms with van der Waals surface area (Å²) in [5.41, 5.74) is -0.531. The fourth-order valence-corrected chi connectivity index (χ4v) is 2.84. The van der Waals surface area contributed by atoms with Crippen molar-refractivity contribution < 1.29 is 18.0 Å². The Hall–Kier alpha value is -1.86. The van der Waals surface area contributed by atoms with Crippen molar-refractivity contribution in [2.75, 3.05) is 13.1 Å². The van der Waals surface area contributed by atoms with Gasteiger partial charge in [-0.15, -0.1) is 10.2 Å². The van der Waals surface area contributed by atoms with Crippen LogP contribution in [0.2, 0.25) is 0 Å². The molecule has 0 N–H and O–H groups in total. The van der Waals surface area contributed by atoms with Crippen molar-refractivity contribution in [3.63, 3.8) is 0 Å². The lowest BCUT2D eigenvalue weighted by Crippen LogP contribution is -2.42. The van der Waals surface area contributed by atoms with Gasteiger partial charge in [0, 0.05) is 31.6 Å². The van der Waals surface area contributed by atoms with Gasteiger partial charge in [-0.25, -0.2) is 0 Å². The Morgan fingerprint density at radius 1 is 1.33 bits per heavy atom. The second-order valence-corrected chi connectivity index (χ2v) is 5.40. The van der Waals surface area contributed by atoms with Crippen molar-refractivity contribution in [1.29, 1.82) is 0 Å². The molecule has 0 spiro atoms. The molecule has 5 nitrogen and oxygen atoms in total. The van der Waals surface area contributed by atoms with Crippen LogP contribution in [-0.2, 0) is 17.8 Å². The lowest BCUT2D eigenvalue weighted by atomic mass is 9.96. The van der Waals surface area contributed by atoms with Gasteiger partial charge in [-0.3, -0.25) is 4.79 Å². The maximum atomic E-state index is 12.6. The molecule has 1 aromatic rings. The van der Waals surface area contributed by atoms with Crippen LogP contribution in [0.4, 0.5) is 13.2 Å². The Balaban J connectivity index is 1.64. The van der Waals surface area contributed by atoms with E-state index in [1.54, 1.807) is 6.33 Å². The summed E-state index contributed by atoms with van der Waals surface area (Å²) in [5.74, 6) is 0.582. The molecule has 0 saturated heterocycles. The van der Waals surface area contributed by atoms with Crippen LogP contribution in [-0.4, -0.2) is 44.8 Å². The molecule has 21 heavy (non-hydrogen) atoms. The summed E-state index contributed by atoms with van der Waals surface area (Å²) in [6, 6.07) is 0. The number of aromatic nitrogens is 3. The first-order valence-electron chi connectivity index (χ1n) is 6.87. The van der Waals surface area contributed by atoms with Crippen LogP contribution in [0.1, 0.15) is 18.7 Å². The molecule has 2 aliphatic heterocycles. The van der Waals surface area contributed by atoms with Gasteiger partial charge >= 0.3 is 6.18 Å². The fraction of sp³-hybridized carbons (Fsp3) is 0.615. The minimum atomic E-state index is -4.28. The molecule has 0 fully saturated rings. The molecular weight excluding hydrogens is 285 g/mol. The Kier molecular flexibility index (Phi) is 3.46. The number of fused-ring (bicyclic) bond motifs is 1. The van der Waals surface area contributed by atoms with E-state index in [0.29, 0.717) is 19.4 Å². The number of hydrogen-bond acceptors (Lipinski definition) is 3. The van der Waals surface area contributed by atoms with Crippen LogP contribution >= 0.6 is 0 Å². The van der Waals surface area contributed by atoms with Crippen LogP contribution in [0, 0.1) is 5.92 Å². The molecule has 1 unspecified atom stereocenters. The van der Waals surface area contributed by atoms with E-state index in [2.05, 4.69) is 10.2 Å². The second-order valence-electron chi connectivity index (χ2n) is 5.40. The van der Waals surface area contributed by atoms with Crippen molar-refractivity contribution >= 4 is 5.91 Å². The van der Waals surface area contributed by atoms with Gasteiger partial charge in [0.15, 0.2) is 0 Å². The Morgan fingerprint density at radius 3 is 2.81 bits per heavy atom. The normalized spacial score (nSPS) is 22.7. The first-order valence-corrected chi connectivity index (χ1v) is 6.87. The minimum Gasteiger partial charge on any atom is -0.338 e. The maximum absolute atomic E-state index is 12.6. The third kappa shape index (κ3) is 2.79. The highest BCUT2D eigenvalue weighted by Crippen LogP contribution is 2.31. The summed E-state index contributed by atoms with van der Waals surface area (Å²) < 4.78 is 39.5. The summed E-state index contributed by atoms with van der Waals surface area (Å²) >= 11 is 0. The third-order valence-corrected chi connectivity index (χ3v) is 4.06. The Labute approximate surface area is 119 Å². The van der Waals surface area contributed by atoms with Gasteiger partial charge in [0.25, 0.3) is 0 Å². The van der Waals surface area contributed by atoms with E-state index in [4.69, 9.17) is 0 Å². The van der Waals surface area contributed by atoms with Crippen molar-refractivity contribution in [1.82, 2.24) is 19.7 Å². The molecule has 3 heterocycles. The molecule has 8 heteroatoms. The number of nitrogens with zero attached hydrogens (tertiary/aromatic N) is 4. The summed E-state index contributed by atoms with van der Waals surface area (Å²) in [4.78, 5) is 13.9. The van der Waals surface area contributed by atoms with Gasteiger partial charge < -0.3 is 9.47 Å². The molecule has 0 radical (unpaired) electrons. The van der Waals surface area contributed by atoms with Crippen molar-refractivity contribution in [3.05, 3.63) is 23.8 Å². The predicted octanol–water partition coefficient (Wildman–Crippen LogP) is 1.56. The average molecular weight is 300 g/mol. The molecule has 1 amide bonds. The van der Waals surface area contributed by atoms with Crippen LogP contribution < -0.4 is 0 Å². The van der Waals surface area contributed by atoms with Crippen LogP contribution in [0.5, 0.6) is 0 Å². The van der Waals surface area contributed by atoms with Crippen molar-refractivity contribution in [2.24, 2.45) is 5.92 Å². The molecule has 1 aromatic heterocycles. The second kappa shape index (κ2) is 5.16. The van der Waals surface area contributed by atoms with Crippen LogP contribution in [0.15, 0.2) is 18.0 Å². The predicted molar refractivity (Wildman–Crippen MR) is 67.2 cm³/mol. The van der Waals surface area contributed by atoms with Gasteiger partial charge in [0.1, 0.15) is 12.2 Å². The van der Waals surface area contributed by atoms with Crippen molar-refractivity contribution in [2.45, 2.75) is 32.0 Å². The maximum Gasteiger partial charge on any atom is 0.412 e. The summed E-state index contributed by atoms with van der Waals surface area (Å²) in [6.07, 6.45) is -0.351. The number of rotatable bonds is 1. The number of aryl methyl sites for hydroxylation is 1. The van der Waals surface area contributed by atoms with E-state index in [-0.39, 0.29) is 31.3 Å². The van der Waals surface area contributed by atoms with Crippen molar-refractivity contribution in [3.8, 4) is 0 Å². The van der Waals surface area contributed by atoms with E-state index in [1.165, 1.54) is 4.90 Å². The number of carbonyl (C=O) groups excluding carboxylic acids is 1. The van der Waals surface area contributed by atoms with E-state index in [1.807, 2.05) is 4.57 Å². The van der Waals surface area contributed by atoms with Gasteiger partial charge in [0.2, 0.25) is 5.91 Å². The monoisotopic (exact) mass is 300 g/mol. The summed E-state index contributed by atoms with van der Waals surface area (Å²) in [5, 5.41) is 7.75. The first-order chi connectivity index (χ1) is 9.95. The van der Waals surface area contributed by atoms with Gasteiger partial charge in [0.05, 0.1) is 5.92 Å². The number of alkyl halides is 3. The third-order valence-electron chi connectivity index (χ3n) is 4.06. The van der Waals surface area contributed by atoms with Crippen LogP contribution in [0.3, 0.4) is 0 Å². The molecular formula is C13H15F3N4O.